The van der Waals surface area contributed by atoms with Crippen LogP contribution in [0, 0.1) is 5.92 Å². The molecule has 1 amide bonds. The zero-order valence-electron chi connectivity index (χ0n) is 17.6. The number of alkyl halides is 2. The minimum Gasteiger partial charge on any atom is -0.435 e. The molecule has 0 aliphatic carbocycles. The van der Waals surface area contributed by atoms with Gasteiger partial charge in [0.1, 0.15) is 10.8 Å². The van der Waals surface area contributed by atoms with Crippen LogP contribution in [0.25, 0.3) is 0 Å². The molecule has 1 aromatic carbocycles. The number of anilines is 2. The highest BCUT2D eigenvalue weighted by Crippen LogP contribution is 2.28. The molecule has 33 heavy (non-hydrogen) atoms. The van der Waals surface area contributed by atoms with Gasteiger partial charge in [-0.15, -0.1) is 15.3 Å². The molecule has 1 N–H and O–H groups in total. The van der Waals surface area contributed by atoms with E-state index < -0.39 is 18.6 Å². The SMILES string of the molecule is CO[C@H](C(=O)Nc1nnc(C[C@@H]2CCN(c3nccnn3)C2)s1)c1cccc(OC(F)F)c1. The number of rotatable bonds is 9. The second kappa shape index (κ2) is 10.5. The normalized spacial score (nSPS) is 16.7. The largest absolute Gasteiger partial charge is 0.435 e. The van der Waals surface area contributed by atoms with Gasteiger partial charge >= 0.3 is 6.61 Å². The van der Waals surface area contributed by atoms with Gasteiger partial charge in [0, 0.05) is 26.6 Å². The number of nitrogens with zero attached hydrogens (tertiary/aromatic N) is 6. The molecule has 4 rings (SSSR count). The molecule has 1 aliphatic heterocycles. The molecular weight excluding hydrogens is 456 g/mol. The molecule has 0 bridgehead atoms. The maximum Gasteiger partial charge on any atom is 0.387 e. The van der Waals surface area contributed by atoms with Gasteiger partial charge in [0.25, 0.3) is 5.91 Å². The summed E-state index contributed by atoms with van der Waals surface area (Å²) in [4.78, 5) is 19.0. The van der Waals surface area contributed by atoms with Crippen LogP contribution in [0.1, 0.15) is 23.1 Å². The number of nitrogens with one attached hydrogen (secondary N) is 1. The van der Waals surface area contributed by atoms with Gasteiger partial charge in [0.05, 0.1) is 12.4 Å². The van der Waals surface area contributed by atoms with E-state index in [0.717, 1.165) is 24.5 Å². The van der Waals surface area contributed by atoms with Crippen LogP contribution in [0.3, 0.4) is 0 Å². The van der Waals surface area contributed by atoms with E-state index >= 15 is 0 Å². The van der Waals surface area contributed by atoms with Crippen molar-refractivity contribution < 1.29 is 23.0 Å². The van der Waals surface area contributed by atoms with E-state index in [4.69, 9.17) is 4.74 Å². The van der Waals surface area contributed by atoms with Gasteiger partial charge < -0.3 is 14.4 Å². The lowest BCUT2D eigenvalue weighted by molar-refractivity contribution is -0.126. The predicted octanol–water partition coefficient (Wildman–Crippen LogP) is 2.72. The molecule has 10 nitrogen and oxygen atoms in total. The molecule has 0 saturated carbocycles. The van der Waals surface area contributed by atoms with Gasteiger partial charge in [-0.1, -0.05) is 23.5 Å². The summed E-state index contributed by atoms with van der Waals surface area (Å²) in [6.07, 6.45) is 3.80. The summed E-state index contributed by atoms with van der Waals surface area (Å²) < 4.78 is 34.6. The average Bonchev–Trinajstić information content (AvgIpc) is 3.44. The standard InChI is InChI=1S/C20H21F2N7O3S/c1-31-16(13-3-2-4-14(10-13)32-18(21)22)17(30)25-20-28-26-15(33-20)9-12-5-8-29(11-12)19-23-6-7-24-27-19/h2-4,6-7,10,12,16,18H,5,8-9,11H2,1H3,(H,25,28,30)/t12-,16-/m0/s1. The number of methoxy groups -OCH3 is 1. The molecule has 0 radical (unpaired) electrons. The Morgan fingerprint density at radius 1 is 1.30 bits per heavy atom. The summed E-state index contributed by atoms with van der Waals surface area (Å²) in [6.45, 7) is -1.34. The van der Waals surface area contributed by atoms with Crippen molar-refractivity contribution in [3.8, 4) is 5.75 Å². The summed E-state index contributed by atoms with van der Waals surface area (Å²) in [6, 6.07) is 5.82. The van der Waals surface area contributed by atoms with Crippen molar-refractivity contribution in [1.29, 1.82) is 0 Å². The Morgan fingerprint density at radius 3 is 2.94 bits per heavy atom. The molecular formula is C20H21F2N7O3S. The molecule has 1 aliphatic rings. The monoisotopic (exact) mass is 477 g/mol. The lowest BCUT2D eigenvalue weighted by Gasteiger charge is -2.15. The zero-order valence-corrected chi connectivity index (χ0v) is 18.4. The third-order valence-electron chi connectivity index (χ3n) is 5.06. The Hall–Kier alpha value is -3.32. The third kappa shape index (κ3) is 5.93. The summed E-state index contributed by atoms with van der Waals surface area (Å²) in [7, 11) is 1.36. The minimum absolute atomic E-state index is 0.0576. The van der Waals surface area contributed by atoms with E-state index in [9.17, 15) is 13.6 Å². The van der Waals surface area contributed by atoms with Crippen LogP contribution in [0.15, 0.2) is 36.7 Å². The van der Waals surface area contributed by atoms with Crippen LogP contribution < -0.4 is 15.0 Å². The molecule has 13 heteroatoms. The number of aromatic nitrogens is 5. The van der Waals surface area contributed by atoms with E-state index in [1.807, 2.05) is 0 Å². The Morgan fingerprint density at radius 2 is 2.18 bits per heavy atom. The Labute approximate surface area is 192 Å². The first-order valence-corrected chi connectivity index (χ1v) is 10.9. The highest BCUT2D eigenvalue weighted by Gasteiger charge is 2.27. The fraction of sp³-hybridized carbons (Fsp3) is 0.400. The molecule has 2 atom stereocenters. The summed E-state index contributed by atoms with van der Waals surface area (Å²) in [5.74, 6) is 0.418. The first kappa shape index (κ1) is 22.9. The second-order valence-corrected chi connectivity index (χ2v) is 8.37. The van der Waals surface area contributed by atoms with Crippen LogP contribution >= 0.6 is 11.3 Å². The van der Waals surface area contributed by atoms with Gasteiger partial charge in [0.2, 0.25) is 11.1 Å². The molecule has 1 fully saturated rings. The number of halogens is 2. The fourth-order valence-corrected chi connectivity index (χ4v) is 4.48. The highest BCUT2D eigenvalue weighted by molar-refractivity contribution is 7.15. The van der Waals surface area contributed by atoms with E-state index in [0.29, 0.717) is 29.0 Å². The van der Waals surface area contributed by atoms with Crippen molar-refractivity contribution in [1.82, 2.24) is 25.4 Å². The highest BCUT2D eigenvalue weighted by atomic mass is 32.1. The van der Waals surface area contributed by atoms with Gasteiger partial charge in [-0.3, -0.25) is 10.1 Å². The van der Waals surface area contributed by atoms with Crippen molar-refractivity contribution in [3.05, 3.63) is 47.2 Å². The van der Waals surface area contributed by atoms with E-state index in [1.54, 1.807) is 12.3 Å². The smallest absolute Gasteiger partial charge is 0.387 e. The Bertz CT molecular complexity index is 1070. The van der Waals surface area contributed by atoms with Crippen molar-refractivity contribution in [3.63, 3.8) is 0 Å². The second-order valence-electron chi connectivity index (χ2n) is 7.30. The van der Waals surface area contributed by atoms with Crippen LogP contribution in [-0.2, 0) is 16.0 Å². The van der Waals surface area contributed by atoms with E-state index in [2.05, 4.69) is 40.3 Å². The van der Waals surface area contributed by atoms with Crippen molar-refractivity contribution >= 4 is 28.3 Å². The number of benzene rings is 1. The summed E-state index contributed by atoms with van der Waals surface area (Å²) in [5, 5.41) is 20.0. The van der Waals surface area contributed by atoms with Crippen molar-refractivity contribution in [2.24, 2.45) is 5.92 Å². The minimum atomic E-state index is -2.96. The van der Waals surface area contributed by atoms with Gasteiger partial charge in [-0.2, -0.15) is 13.9 Å². The van der Waals surface area contributed by atoms with E-state index in [-0.39, 0.29) is 5.75 Å². The summed E-state index contributed by atoms with van der Waals surface area (Å²) >= 11 is 1.28. The maximum atomic E-state index is 12.7. The summed E-state index contributed by atoms with van der Waals surface area (Å²) in [5.41, 5.74) is 0.376. The van der Waals surface area contributed by atoms with Crippen LogP contribution in [0.5, 0.6) is 5.75 Å². The number of hydrogen-bond donors (Lipinski definition) is 1. The quantitative estimate of drug-likeness (QED) is 0.497. The zero-order chi connectivity index (χ0) is 23.2. The first-order chi connectivity index (χ1) is 16.0. The van der Waals surface area contributed by atoms with Crippen LogP contribution in [0.2, 0.25) is 0 Å². The molecule has 2 aromatic heterocycles. The van der Waals surface area contributed by atoms with Gasteiger partial charge in [0.15, 0.2) is 6.10 Å². The predicted molar refractivity (Wildman–Crippen MR) is 115 cm³/mol. The topological polar surface area (TPSA) is 115 Å². The number of amides is 1. The van der Waals surface area contributed by atoms with Crippen LogP contribution in [-0.4, -0.2) is 58.1 Å². The number of carbonyl (C=O) groups excluding carboxylic acids is 1. The maximum absolute atomic E-state index is 12.7. The first-order valence-electron chi connectivity index (χ1n) is 10.1. The fourth-order valence-electron chi connectivity index (χ4n) is 3.62. The Kier molecular flexibility index (Phi) is 7.29. The van der Waals surface area contributed by atoms with Gasteiger partial charge in [-0.05, 0) is 30.0 Å². The van der Waals surface area contributed by atoms with E-state index in [1.165, 1.54) is 42.8 Å². The van der Waals surface area contributed by atoms with Crippen molar-refractivity contribution in [2.45, 2.75) is 25.6 Å². The molecule has 3 heterocycles. The number of hydrogen-bond acceptors (Lipinski definition) is 10. The molecule has 3 aromatic rings. The Balaban J connectivity index is 1.34. The lowest BCUT2D eigenvalue weighted by Crippen LogP contribution is -2.22. The lowest BCUT2D eigenvalue weighted by atomic mass is 10.1. The van der Waals surface area contributed by atoms with Crippen molar-refractivity contribution in [2.75, 3.05) is 30.4 Å². The molecule has 174 valence electrons. The molecule has 0 unspecified atom stereocenters. The number of carbonyl (C=O) groups is 1. The third-order valence-corrected chi connectivity index (χ3v) is 5.92. The number of ether oxygens (including phenoxy) is 2. The molecule has 0 spiro atoms. The average molecular weight is 477 g/mol. The van der Waals surface area contributed by atoms with Gasteiger partial charge in [-0.25, -0.2) is 4.98 Å². The molecule has 1 saturated heterocycles. The van der Waals surface area contributed by atoms with Crippen LogP contribution in [0.4, 0.5) is 19.9 Å².